The molecule has 1 aromatic heterocycles. The van der Waals surface area contributed by atoms with E-state index in [1.54, 1.807) is 13.2 Å². The summed E-state index contributed by atoms with van der Waals surface area (Å²) in [6.45, 7) is 2.86. The maximum atomic E-state index is 9.48. The molecule has 0 amide bonds. The normalized spacial score (nSPS) is 12.0. The van der Waals surface area contributed by atoms with Gasteiger partial charge < -0.3 is 15.2 Å². The van der Waals surface area contributed by atoms with Crippen LogP contribution >= 0.6 is 0 Å². The Kier molecular flexibility index (Phi) is 4.92. The molecular weight excluding hydrogens is 314 g/mol. The second kappa shape index (κ2) is 7.29. The number of nitrogen functional groups attached to an aromatic ring is 1. The van der Waals surface area contributed by atoms with Crippen molar-refractivity contribution in [2.24, 2.45) is 0 Å². The largest absolute Gasteiger partial charge is 0.472 e. The van der Waals surface area contributed by atoms with Crippen molar-refractivity contribution in [3.8, 4) is 11.9 Å². The van der Waals surface area contributed by atoms with Crippen molar-refractivity contribution >= 4 is 16.5 Å². The third kappa shape index (κ3) is 3.44. The van der Waals surface area contributed by atoms with Gasteiger partial charge in [0, 0.05) is 13.2 Å². The molecule has 5 nitrogen and oxygen atoms in total. The average molecular weight is 335 g/mol. The third-order valence-corrected chi connectivity index (χ3v) is 4.11. The van der Waals surface area contributed by atoms with Crippen LogP contribution in [0.1, 0.15) is 18.2 Å². The van der Waals surface area contributed by atoms with Crippen LogP contribution in [0.3, 0.4) is 0 Å². The molecule has 0 unspecified atom stereocenters. The number of benzene rings is 2. The van der Waals surface area contributed by atoms with Gasteiger partial charge in [-0.1, -0.05) is 42.5 Å². The van der Waals surface area contributed by atoms with Gasteiger partial charge in [0.05, 0.1) is 18.8 Å². The number of anilines is 1. The van der Waals surface area contributed by atoms with Crippen molar-refractivity contribution in [2.75, 3.05) is 19.5 Å². The maximum Gasteiger partial charge on any atom is 0.219 e. The number of rotatable bonds is 6. The van der Waals surface area contributed by atoms with Gasteiger partial charge in [-0.05, 0) is 23.3 Å². The summed E-state index contributed by atoms with van der Waals surface area (Å²) in [5.74, 6) is 0.508. The van der Waals surface area contributed by atoms with Crippen molar-refractivity contribution in [2.45, 2.75) is 19.6 Å². The zero-order chi connectivity index (χ0) is 17.8. The Balaban J connectivity index is 2.02. The maximum absolute atomic E-state index is 9.48. The van der Waals surface area contributed by atoms with E-state index in [9.17, 15) is 5.26 Å². The van der Waals surface area contributed by atoms with E-state index in [2.05, 4.69) is 30.3 Å². The first-order chi connectivity index (χ1) is 12.1. The summed E-state index contributed by atoms with van der Waals surface area (Å²) in [6, 6.07) is 18.2. The number of methoxy groups -OCH3 is 1. The number of aromatic nitrogens is 1. The van der Waals surface area contributed by atoms with Gasteiger partial charge >= 0.3 is 0 Å². The molecule has 1 heterocycles. The molecule has 0 bridgehead atoms. The highest BCUT2D eigenvalue weighted by Crippen LogP contribution is 2.30. The second-order valence-corrected chi connectivity index (χ2v) is 6.01. The molecule has 3 rings (SSSR count). The topological polar surface area (TPSA) is 73.2 Å². The first-order valence-corrected chi connectivity index (χ1v) is 8.15. The summed E-state index contributed by atoms with van der Waals surface area (Å²) in [5.41, 5.74) is 8.13. The van der Waals surface area contributed by atoms with Crippen molar-refractivity contribution in [3.05, 3.63) is 59.8 Å². The number of nitrogens with two attached hydrogens (primary N) is 1. The molecule has 0 fully saturated rings. The van der Waals surface area contributed by atoms with Crippen LogP contribution < -0.4 is 10.5 Å². The molecule has 1 atom stereocenters. The number of ether oxygens (including phenoxy) is 2. The summed E-state index contributed by atoms with van der Waals surface area (Å²) >= 11 is 0. The van der Waals surface area contributed by atoms with E-state index in [0.717, 1.165) is 16.3 Å². The highest BCUT2D eigenvalue weighted by atomic mass is 16.5. The van der Waals surface area contributed by atoms with Gasteiger partial charge in [0.1, 0.15) is 17.9 Å². The summed E-state index contributed by atoms with van der Waals surface area (Å²) in [7, 11) is 1.62. The van der Waals surface area contributed by atoms with Crippen LogP contribution in [-0.4, -0.2) is 24.4 Å². The molecule has 0 saturated heterocycles. The molecule has 0 aliphatic heterocycles. The summed E-state index contributed by atoms with van der Waals surface area (Å²) in [4.78, 5) is 0. The standard InChI is InChI=1S/C20H21N3O2/c1-14(13-24-2)25-20-19(22)10-17(11-21)23(20)12-16-8-5-7-15-6-3-4-9-18(15)16/h3-10,14H,12-13,22H2,1-2H3/t14-/m0/s1. The van der Waals surface area contributed by atoms with Crippen LogP contribution in [-0.2, 0) is 11.3 Å². The highest BCUT2D eigenvalue weighted by molar-refractivity contribution is 5.85. The summed E-state index contributed by atoms with van der Waals surface area (Å²) in [6.07, 6.45) is -0.167. The lowest BCUT2D eigenvalue weighted by Gasteiger charge is -2.18. The van der Waals surface area contributed by atoms with Crippen molar-refractivity contribution in [3.63, 3.8) is 0 Å². The lowest BCUT2D eigenvalue weighted by atomic mass is 10.0. The van der Waals surface area contributed by atoms with E-state index in [0.29, 0.717) is 30.4 Å². The fraction of sp³-hybridized carbons (Fsp3) is 0.250. The minimum atomic E-state index is -0.167. The van der Waals surface area contributed by atoms with E-state index in [1.807, 2.05) is 29.7 Å². The summed E-state index contributed by atoms with van der Waals surface area (Å²) < 4.78 is 12.9. The lowest BCUT2D eigenvalue weighted by Crippen LogP contribution is -2.20. The van der Waals surface area contributed by atoms with E-state index < -0.39 is 0 Å². The van der Waals surface area contributed by atoms with E-state index >= 15 is 0 Å². The zero-order valence-corrected chi connectivity index (χ0v) is 14.4. The monoisotopic (exact) mass is 335 g/mol. The Morgan fingerprint density at radius 3 is 2.72 bits per heavy atom. The first-order valence-electron chi connectivity index (χ1n) is 8.15. The van der Waals surface area contributed by atoms with E-state index in [-0.39, 0.29) is 6.10 Å². The predicted molar refractivity (Wildman–Crippen MR) is 98.6 cm³/mol. The van der Waals surface area contributed by atoms with Gasteiger partial charge in [0.2, 0.25) is 5.88 Å². The Bertz CT molecular complexity index is 919. The van der Waals surface area contributed by atoms with Crippen LogP contribution in [0, 0.1) is 11.3 Å². The Morgan fingerprint density at radius 1 is 1.20 bits per heavy atom. The molecular formula is C20H21N3O2. The number of nitrogens with zero attached hydrogens (tertiary/aromatic N) is 2. The minimum Gasteiger partial charge on any atom is -0.472 e. The molecule has 0 spiro atoms. The Labute approximate surface area is 147 Å². The van der Waals surface area contributed by atoms with E-state index in [1.165, 1.54) is 0 Å². The smallest absolute Gasteiger partial charge is 0.219 e. The second-order valence-electron chi connectivity index (χ2n) is 6.01. The molecule has 2 aromatic carbocycles. The van der Waals surface area contributed by atoms with Crippen LogP contribution in [0.4, 0.5) is 5.69 Å². The molecule has 3 aromatic rings. The van der Waals surface area contributed by atoms with Gasteiger partial charge in [-0.15, -0.1) is 0 Å². The average Bonchev–Trinajstić information content (AvgIpc) is 2.91. The van der Waals surface area contributed by atoms with Crippen LogP contribution in [0.5, 0.6) is 5.88 Å². The number of nitriles is 1. The molecule has 0 radical (unpaired) electrons. The molecule has 0 aliphatic rings. The van der Waals surface area contributed by atoms with Gasteiger partial charge in [0.15, 0.2) is 0 Å². The molecule has 5 heteroatoms. The molecule has 2 N–H and O–H groups in total. The minimum absolute atomic E-state index is 0.167. The van der Waals surface area contributed by atoms with E-state index in [4.69, 9.17) is 15.2 Å². The van der Waals surface area contributed by atoms with Crippen molar-refractivity contribution < 1.29 is 9.47 Å². The molecule has 0 aliphatic carbocycles. The number of hydrogen-bond donors (Lipinski definition) is 1. The molecule has 0 saturated carbocycles. The van der Waals surface area contributed by atoms with Gasteiger partial charge in [-0.3, -0.25) is 4.57 Å². The van der Waals surface area contributed by atoms with Crippen molar-refractivity contribution in [1.29, 1.82) is 5.26 Å². The number of fused-ring (bicyclic) bond motifs is 1. The zero-order valence-electron chi connectivity index (χ0n) is 14.4. The van der Waals surface area contributed by atoms with Crippen LogP contribution in [0.25, 0.3) is 10.8 Å². The summed E-state index contributed by atoms with van der Waals surface area (Å²) in [5, 5.41) is 11.8. The van der Waals surface area contributed by atoms with Gasteiger partial charge in [-0.25, -0.2) is 0 Å². The Hall–Kier alpha value is -2.97. The molecule has 25 heavy (non-hydrogen) atoms. The van der Waals surface area contributed by atoms with Crippen molar-refractivity contribution in [1.82, 2.24) is 4.57 Å². The lowest BCUT2D eigenvalue weighted by molar-refractivity contribution is 0.0869. The first kappa shape index (κ1) is 16.9. The number of hydrogen-bond acceptors (Lipinski definition) is 4. The fourth-order valence-corrected chi connectivity index (χ4v) is 2.99. The quantitative estimate of drug-likeness (QED) is 0.747. The SMILES string of the molecule is COC[C@H](C)Oc1c(N)cc(C#N)n1Cc1cccc2ccccc12. The van der Waals surface area contributed by atoms with Gasteiger partial charge in [-0.2, -0.15) is 5.26 Å². The highest BCUT2D eigenvalue weighted by Gasteiger charge is 2.18. The van der Waals surface area contributed by atoms with Gasteiger partial charge in [0.25, 0.3) is 0 Å². The predicted octanol–water partition coefficient (Wildman–Crippen LogP) is 3.56. The fourth-order valence-electron chi connectivity index (χ4n) is 2.99. The van der Waals surface area contributed by atoms with Crippen LogP contribution in [0.15, 0.2) is 48.5 Å². The Morgan fingerprint density at radius 2 is 1.96 bits per heavy atom. The third-order valence-electron chi connectivity index (χ3n) is 4.11. The van der Waals surface area contributed by atoms with Crippen LogP contribution in [0.2, 0.25) is 0 Å². The molecule has 128 valence electrons.